The van der Waals surface area contributed by atoms with E-state index in [4.69, 9.17) is 11.6 Å². The average molecular weight is 399 g/mol. The molecule has 2 aromatic heterocycles. The molecule has 0 saturated heterocycles. The molecule has 136 valence electrons. The monoisotopic (exact) mass is 398 g/mol. The van der Waals surface area contributed by atoms with Crippen LogP contribution < -0.4 is 4.31 Å². The molecule has 2 heterocycles. The van der Waals surface area contributed by atoms with E-state index in [1.165, 1.54) is 22.9 Å². The van der Waals surface area contributed by atoms with E-state index in [-0.39, 0.29) is 11.4 Å². The minimum Gasteiger partial charge on any atom is -0.288 e. The molecule has 4 aromatic rings. The van der Waals surface area contributed by atoms with E-state index in [1.807, 2.05) is 30.3 Å². The Labute approximate surface area is 161 Å². The van der Waals surface area contributed by atoms with Crippen LogP contribution in [-0.2, 0) is 16.6 Å². The van der Waals surface area contributed by atoms with Gasteiger partial charge < -0.3 is 0 Å². The second-order valence-corrected chi connectivity index (χ2v) is 8.23. The molecule has 27 heavy (non-hydrogen) atoms. The molecule has 4 rings (SSSR count). The number of benzene rings is 2. The number of sulfonamides is 1. The fourth-order valence-electron chi connectivity index (χ4n) is 2.75. The summed E-state index contributed by atoms with van der Waals surface area (Å²) in [5.41, 5.74) is 1.99. The van der Waals surface area contributed by atoms with Crippen molar-refractivity contribution in [1.29, 1.82) is 0 Å². The molecule has 0 atom stereocenters. The first-order valence-electron chi connectivity index (χ1n) is 8.16. The normalized spacial score (nSPS) is 11.6. The number of hydrogen-bond donors (Lipinski definition) is 0. The lowest BCUT2D eigenvalue weighted by molar-refractivity contribution is 0.590. The van der Waals surface area contributed by atoms with Crippen LogP contribution in [-0.4, -0.2) is 23.0 Å². The van der Waals surface area contributed by atoms with E-state index in [9.17, 15) is 8.42 Å². The zero-order valence-corrected chi connectivity index (χ0v) is 15.7. The Morgan fingerprint density at radius 3 is 2.44 bits per heavy atom. The fourth-order valence-corrected chi connectivity index (χ4v) is 4.34. The van der Waals surface area contributed by atoms with E-state index in [0.29, 0.717) is 16.4 Å². The molecule has 0 fully saturated rings. The van der Waals surface area contributed by atoms with Gasteiger partial charge in [-0.3, -0.25) is 8.71 Å². The van der Waals surface area contributed by atoms with Crippen LogP contribution in [0.3, 0.4) is 0 Å². The summed E-state index contributed by atoms with van der Waals surface area (Å²) in [6.07, 6.45) is 2.99. The number of fused-ring (bicyclic) bond motifs is 1. The predicted octanol–water partition coefficient (Wildman–Crippen LogP) is 3.78. The van der Waals surface area contributed by atoms with Crippen molar-refractivity contribution in [2.45, 2.75) is 11.4 Å². The molecule has 0 aliphatic rings. The molecule has 8 heteroatoms. The molecular weight excluding hydrogens is 384 g/mol. The highest BCUT2D eigenvalue weighted by molar-refractivity contribution is 7.92. The number of hydrogen-bond acceptors (Lipinski definition) is 4. The van der Waals surface area contributed by atoms with E-state index in [2.05, 4.69) is 10.2 Å². The molecule has 0 bridgehead atoms. The van der Waals surface area contributed by atoms with Crippen LogP contribution in [0, 0.1) is 0 Å². The van der Waals surface area contributed by atoms with Gasteiger partial charge in [-0.15, -0.1) is 10.2 Å². The Morgan fingerprint density at radius 1 is 0.963 bits per heavy atom. The summed E-state index contributed by atoms with van der Waals surface area (Å²) in [6, 6.07) is 19.3. The van der Waals surface area contributed by atoms with Gasteiger partial charge >= 0.3 is 0 Å². The van der Waals surface area contributed by atoms with Gasteiger partial charge in [-0.25, -0.2) is 8.42 Å². The quantitative estimate of drug-likeness (QED) is 0.513. The maximum Gasteiger partial charge on any atom is 0.266 e. The lowest BCUT2D eigenvalue weighted by Gasteiger charge is -2.24. The van der Waals surface area contributed by atoms with E-state index in [0.717, 1.165) is 5.56 Å². The molecule has 0 aliphatic carbocycles. The molecule has 0 radical (unpaired) electrons. The van der Waals surface area contributed by atoms with Crippen molar-refractivity contribution in [2.24, 2.45) is 0 Å². The Hall–Kier alpha value is -2.90. The first-order chi connectivity index (χ1) is 13.0. The van der Waals surface area contributed by atoms with Crippen LogP contribution in [0.1, 0.15) is 5.56 Å². The minimum absolute atomic E-state index is 0.160. The van der Waals surface area contributed by atoms with Gasteiger partial charge in [0.1, 0.15) is 11.2 Å². The number of para-hydroxylation sites is 1. The highest BCUT2D eigenvalue weighted by Gasteiger charge is 2.25. The zero-order valence-electron chi connectivity index (χ0n) is 14.1. The van der Waals surface area contributed by atoms with Crippen LogP contribution in [0.25, 0.3) is 5.65 Å². The van der Waals surface area contributed by atoms with Crippen molar-refractivity contribution in [3.63, 3.8) is 0 Å². The second-order valence-electron chi connectivity index (χ2n) is 5.93. The Balaban J connectivity index is 1.79. The van der Waals surface area contributed by atoms with E-state index >= 15 is 0 Å². The number of halogens is 1. The third-order valence-electron chi connectivity index (χ3n) is 4.14. The van der Waals surface area contributed by atoms with Crippen molar-refractivity contribution < 1.29 is 8.42 Å². The van der Waals surface area contributed by atoms with Crippen LogP contribution in [0.2, 0.25) is 5.02 Å². The smallest absolute Gasteiger partial charge is 0.266 e. The van der Waals surface area contributed by atoms with Gasteiger partial charge in [-0.05, 0) is 42.0 Å². The molecule has 0 unspecified atom stereocenters. The Bertz CT molecular complexity index is 1180. The summed E-state index contributed by atoms with van der Waals surface area (Å²) in [5.74, 6) is 0. The first-order valence-corrected chi connectivity index (χ1v) is 9.97. The second kappa shape index (κ2) is 7.02. The standard InChI is InChI=1S/C19H15ClN4O2S/c20-16-8-6-15(7-9-16)12-24(17-4-2-1-3-5-17)27(25,26)18-10-11-19-22-21-14-23(19)13-18/h1-11,13-14H,12H2. The van der Waals surface area contributed by atoms with Gasteiger partial charge in [-0.1, -0.05) is 41.9 Å². The van der Waals surface area contributed by atoms with E-state index in [1.54, 1.807) is 34.7 Å². The van der Waals surface area contributed by atoms with Gasteiger partial charge in [-0.2, -0.15) is 0 Å². The molecule has 6 nitrogen and oxygen atoms in total. The number of rotatable bonds is 5. The summed E-state index contributed by atoms with van der Waals surface area (Å²) in [6.45, 7) is 0.184. The fraction of sp³-hybridized carbons (Fsp3) is 0.0526. The molecule has 0 aliphatic heterocycles. The third-order valence-corrected chi connectivity index (χ3v) is 6.14. The first kappa shape index (κ1) is 17.5. The third kappa shape index (κ3) is 3.51. The van der Waals surface area contributed by atoms with Gasteiger partial charge in [0.15, 0.2) is 5.65 Å². The maximum atomic E-state index is 13.4. The molecule has 0 amide bonds. The topological polar surface area (TPSA) is 67.6 Å². The number of aromatic nitrogens is 3. The lowest BCUT2D eigenvalue weighted by Crippen LogP contribution is -2.30. The molecular formula is C19H15ClN4O2S. The molecule has 0 saturated carbocycles. The van der Waals surface area contributed by atoms with Crippen LogP contribution in [0.15, 0.2) is 84.1 Å². The van der Waals surface area contributed by atoms with Crippen LogP contribution >= 0.6 is 11.6 Å². The summed E-state index contributed by atoms with van der Waals surface area (Å²) in [4.78, 5) is 0.160. The minimum atomic E-state index is -3.81. The van der Waals surface area contributed by atoms with Gasteiger partial charge in [0, 0.05) is 11.2 Å². The number of pyridine rings is 1. The van der Waals surface area contributed by atoms with Gasteiger partial charge in [0.05, 0.1) is 12.2 Å². The van der Waals surface area contributed by atoms with Gasteiger partial charge in [0.2, 0.25) is 0 Å². The molecule has 0 spiro atoms. The van der Waals surface area contributed by atoms with Crippen molar-refractivity contribution in [3.8, 4) is 0 Å². The molecule has 2 aromatic carbocycles. The summed E-state index contributed by atoms with van der Waals surface area (Å²) < 4.78 is 29.8. The largest absolute Gasteiger partial charge is 0.288 e. The Kier molecular flexibility index (Phi) is 4.55. The zero-order chi connectivity index (χ0) is 18.9. The van der Waals surface area contributed by atoms with Crippen LogP contribution in [0.4, 0.5) is 5.69 Å². The Morgan fingerprint density at radius 2 is 1.70 bits per heavy atom. The van der Waals surface area contributed by atoms with Crippen molar-refractivity contribution in [3.05, 3.63) is 89.8 Å². The highest BCUT2D eigenvalue weighted by Crippen LogP contribution is 2.26. The summed E-state index contributed by atoms with van der Waals surface area (Å²) in [5, 5.41) is 8.31. The highest BCUT2D eigenvalue weighted by atomic mass is 35.5. The van der Waals surface area contributed by atoms with Crippen molar-refractivity contribution >= 4 is 33.0 Å². The number of nitrogens with zero attached hydrogens (tertiary/aromatic N) is 4. The lowest BCUT2D eigenvalue weighted by atomic mass is 10.2. The summed E-state index contributed by atoms with van der Waals surface area (Å²) in [7, 11) is -3.81. The van der Waals surface area contributed by atoms with Crippen molar-refractivity contribution in [1.82, 2.24) is 14.6 Å². The molecule has 0 N–H and O–H groups in total. The van der Waals surface area contributed by atoms with Gasteiger partial charge in [0.25, 0.3) is 10.0 Å². The SMILES string of the molecule is O=S(=O)(c1ccc2nncn2c1)N(Cc1ccc(Cl)cc1)c1ccccc1. The maximum absolute atomic E-state index is 13.4. The average Bonchev–Trinajstić information content (AvgIpc) is 3.16. The van der Waals surface area contributed by atoms with Crippen LogP contribution in [0.5, 0.6) is 0 Å². The van der Waals surface area contributed by atoms with Crippen molar-refractivity contribution in [2.75, 3.05) is 4.31 Å². The summed E-state index contributed by atoms with van der Waals surface area (Å²) >= 11 is 5.95. The predicted molar refractivity (Wildman–Crippen MR) is 104 cm³/mol. The van der Waals surface area contributed by atoms with E-state index < -0.39 is 10.0 Å². The number of anilines is 1.